The summed E-state index contributed by atoms with van der Waals surface area (Å²) in [6.45, 7) is 5.27. The highest BCUT2D eigenvalue weighted by atomic mass is 35.5. The topological polar surface area (TPSA) is 248 Å². The van der Waals surface area contributed by atoms with Crippen LogP contribution in [0.2, 0.25) is 5.02 Å². The van der Waals surface area contributed by atoms with E-state index in [-0.39, 0.29) is 107 Å². The van der Waals surface area contributed by atoms with Crippen LogP contribution < -0.4 is 9.47 Å². The number of fused-ring (bicyclic) bond motifs is 3. The number of methoxy groups -OCH3 is 2. The van der Waals surface area contributed by atoms with Crippen molar-refractivity contribution in [2.24, 2.45) is 0 Å². The number of rotatable bonds is 6. The van der Waals surface area contributed by atoms with Gasteiger partial charge in [0.1, 0.15) is 69.5 Å². The van der Waals surface area contributed by atoms with Crippen LogP contribution in [0.1, 0.15) is 126 Å². The molecule has 0 amide bonds. The summed E-state index contributed by atoms with van der Waals surface area (Å²) < 4.78 is 37.2. The molecule has 0 bridgehead atoms. The van der Waals surface area contributed by atoms with Crippen molar-refractivity contribution in [2.45, 2.75) is 116 Å². The number of phenolic OH excluding ortho intramolecular Hbond substituents is 4. The number of hydrogen-bond donors (Lipinski definition) is 4. The van der Waals surface area contributed by atoms with Gasteiger partial charge < -0.3 is 53.6 Å². The Hall–Kier alpha value is -7.47. The minimum Gasteiger partial charge on any atom is -0.508 e. The molecule has 0 radical (unpaired) electrons. The highest BCUT2D eigenvalue weighted by molar-refractivity contribution is 6.33. The summed E-state index contributed by atoms with van der Waals surface area (Å²) >= 11 is 6.05. The number of esters is 3. The molecule has 3 heterocycles. The Morgan fingerprint density at radius 2 is 0.908 bits per heavy atom. The maximum atomic E-state index is 12.9. The molecule has 3 aliphatic rings. The average Bonchev–Trinajstić information content (AvgIpc) is 3.35. The number of carbonyl (C=O) groups is 6. The second-order valence-corrected chi connectivity index (χ2v) is 18.2. The number of allylic oxidation sites excluding steroid dienone is 9. The Bertz CT molecular complexity index is 2690. The van der Waals surface area contributed by atoms with Gasteiger partial charge in [-0.3, -0.25) is 14.4 Å². The van der Waals surface area contributed by atoms with E-state index in [1.165, 1.54) is 38.5 Å². The van der Waals surface area contributed by atoms with Crippen LogP contribution in [-0.4, -0.2) is 102 Å². The zero-order chi connectivity index (χ0) is 55.6. The Morgan fingerprint density at radius 3 is 1.41 bits per heavy atom. The molecule has 0 spiro atoms. The second kappa shape index (κ2) is 32.1. The van der Waals surface area contributed by atoms with Crippen molar-refractivity contribution in [3.05, 3.63) is 142 Å². The Balaban J connectivity index is 0.000000248. The molecule has 3 aromatic carbocycles. The second-order valence-electron chi connectivity index (χ2n) is 17.8. The molecule has 76 heavy (non-hydrogen) atoms. The largest absolute Gasteiger partial charge is 0.508 e. The number of halogens is 1. The molecule has 3 atom stereocenters. The van der Waals surface area contributed by atoms with Crippen molar-refractivity contribution in [3.63, 3.8) is 0 Å². The quantitative estimate of drug-likeness (QED) is 0.0775. The summed E-state index contributed by atoms with van der Waals surface area (Å²) in [4.78, 5) is 74.2. The average molecular weight is 1070 g/mol. The van der Waals surface area contributed by atoms with Crippen LogP contribution in [0, 0.1) is 0 Å². The normalized spacial score (nSPS) is 21.5. The van der Waals surface area contributed by atoms with Crippen LogP contribution in [-0.2, 0) is 57.3 Å². The van der Waals surface area contributed by atoms with E-state index in [4.69, 9.17) is 44.8 Å². The first kappa shape index (κ1) is 61.1. The number of carbonyl (C=O) groups excluding carboxylic acids is 6. The zero-order valence-electron chi connectivity index (χ0n) is 43.4. The molecule has 6 rings (SSSR count). The summed E-state index contributed by atoms with van der Waals surface area (Å²) in [6.07, 6.45) is 26.5. The lowest BCUT2D eigenvalue weighted by Crippen LogP contribution is -2.19. The van der Waals surface area contributed by atoms with E-state index >= 15 is 0 Å². The number of hydrogen-bond acceptors (Lipinski definition) is 17. The smallest absolute Gasteiger partial charge is 0.342 e. The fourth-order valence-electron chi connectivity index (χ4n) is 7.62. The molecule has 0 aliphatic carbocycles. The monoisotopic (exact) mass is 1070 g/mol. The van der Waals surface area contributed by atoms with E-state index in [9.17, 15) is 49.2 Å². The van der Waals surface area contributed by atoms with E-state index in [0.717, 1.165) is 44.2 Å². The summed E-state index contributed by atoms with van der Waals surface area (Å²) in [5, 5.41) is 39.3. The summed E-state index contributed by atoms with van der Waals surface area (Å²) in [5.74, 6) is -3.48. The van der Waals surface area contributed by atoms with Crippen LogP contribution in [0.25, 0.3) is 0 Å². The van der Waals surface area contributed by atoms with Crippen molar-refractivity contribution in [1.82, 2.24) is 0 Å². The van der Waals surface area contributed by atoms with Crippen LogP contribution >= 0.6 is 11.6 Å². The molecule has 0 fully saturated rings. The predicted octanol–water partition coefficient (Wildman–Crippen LogP) is 10.4. The highest BCUT2D eigenvalue weighted by Crippen LogP contribution is 2.38. The van der Waals surface area contributed by atoms with Gasteiger partial charge in [-0.2, -0.15) is 0 Å². The minimum atomic E-state index is -0.779. The third-order valence-corrected chi connectivity index (χ3v) is 11.7. The van der Waals surface area contributed by atoms with Gasteiger partial charge in [-0.15, -0.1) is 0 Å². The third-order valence-electron chi connectivity index (χ3n) is 11.3. The molecule has 4 N–H and O–H groups in total. The first-order chi connectivity index (χ1) is 36.4. The van der Waals surface area contributed by atoms with Crippen LogP contribution in [0.5, 0.6) is 34.5 Å². The predicted molar refractivity (Wildman–Crippen MR) is 283 cm³/mol. The van der Waals surface area contributed by atoms with Gasteiger partial charge in [0.25, 0.3) is 0 Å². The Labute approximate surface area is 447 Å². The minimum absolute atomic E-state index is 0.0126. The summed E-state index contributed by atoms with van der Waals surface area (Å²) in [5.41, 5.74) is 0.714. The third kappa shape index (κ3) is 20.3. The molecule has 3 unspecified atom stereocenters. The molecule has 0 saturated heterocycles. The number of phenols is 4. The number of aromatic hydroxyl groups is 4. The molecule has 3 aliphatic heterocycles. The molecule has 0 aromatic heterocycles. The number of ether oxygens (including phenoxy) is 7. The molecule has 18 heteroatoms. The summed E-state index contributed by atoms with van der Waals surface area (Å²) in [7, 11) is 2.98. The number of cyclic esters (lactones) is 3. The first-order valence-electron chi connectivity index (χ1n) is 24.8. The SMILES string of the molecule is CC1C/C=C/CC/C=C/C(=O)Cc2c(Cl)c(O)cc(O)c2C(=O)O1.CC1C/C=C/CC/C=C/C(=O)Cc2cc(O)cc(O)c2C(=O)O1.COCOc1cc2c(c(OCOC)c1)C(=O)OC(C)C/C=C/CC/C=C/C(=O)C2. The fraction of sp³-hybridized carbons (Fsp3) is 0.379. The van der Waals surface area contributed by atoms with E-state index in [1.807, 2.05) is 49.5 Å². The maximum absolute atomic E-state index is 12.9. The van der Waals surface area contributed by atoms with Crippen molar-refractivity contribution >= 4 is 46.9 Å². The lowest BCUT2D eigenvalue weighted by molar-refractivity contribution is -0.114. The van der Waals surface area contributed by atoms with E-state index in [2.05, 4.69) is 0 Å². The number of benzene rings is 3. The van der Waals surface area contributed by atoms with E-state index in [0.29, 0.717) is 37.0 Å². The molecule has 17 nitrogen and oxygen atoms in total. The van der Waals surface area contributed by atoms with Gasteiger partial charge in [-0.1, -0.05) is 66.3 Å². The van der Waals surface area contributed by atoms with Crippen molar-refractivity contribution in [2.75, 3.05) is 27.8 Å². The zero-order valence-corrected chi connectivity index (χ0v) is 44.2. The standard InChI is InChI=1S/C22H28O7.C18H19ClO5.C18H20O5/c1-16-9-7-5-4-6-8-10-18(23)11-17-12-19(27-14-25-2)13-20(28-15-26-3)21(17)22(24)29-16;1-11-7-5-3-2-4-6-8-12(20)9-13-16(18(23)24-11)14(21)10-15(22)17(13)19;1-12-7-5-3-2-4-6-8-14(19)9-13-10-15(20)11-16(21)17(13)18(22)23-12/h5,7-8,10,12-13,16H,4,6,9,11,14-15H2,1-3H3;3,5-6,8,10-11,21-22H,2,4,7,9H2,1H3;3,5-6,8,10-12,20-21H,2,4,7,9H2,1H3/b7-5+,10-8+;2*5-3+,8-6+. The van der Waals surface area contributed by atoms with Crippen molar-refractivity contribution in [3.8, 4) is 34.5 Å². The van der Waals surface area contributed by atoms with Gasteiger partial charge in [0.05, 0.1) is 5.02 Å². The Kier molecular flexibility index (Phi) is 25.8. The summed E-state index contributed by atoms with van der Waals surface area (Å²) in [6, 6.07) is 6.53. The maximum Gasteiger partial charge on any atom is 0.342 e. The Morgan fingerprint density at radius 1 is 0.487 bits per heavy atom. The molecule has 408 valence electrons. The van der Waals surface area contributed by atoms with Gasteiger partial charge in [-0.05, 0) is 101 Å². The lowest BCUT2D eigenvalue weighted by atomic mass is 9.99. The van der Waals surface area contributed by atoms with Gasteiger partial charge >= 0.3 is 17.9 Å². The fourth-order valence-corrected chi connectivity index (χ4v) is 7.84. The van der Waals surface area contributed by atoms with Gasteiger partial charge in [0.2, 0.25) is 0 Å². The van der Waals surface area contributed by atoms with Gasteiger partial charge in [0, 0.05) is 76.5 Å². The highest BCUT2D eigenvalue weighted by Gasteiger charge is 2.27. The van der Waals surface area contributed by atoms with E-state index in [1.54, 1.807) is 38.1 Å². The molecular weight excluding hydrogens is 1000 g/mol. The molecular formula is C58H67ClO17. The molecule has 0 saturated carbocycles. The van der Waals surface area contributed by atoms with Gasteiger partial charge in [0.15, 0.2) is 30.9 Å². The first-order valence-corrected chi connectivity index (χ1v) is 25.1. The van der Waals surface area contributed by atoms with Crippen LogP contribution in [0.3, 0.4) is 0 Å². The van der Waals surface area contributed by atoms with E-state index < -0.39 is 41.3 Å². The van der Waals surface area contributed by atoms with Crippen LogP contribution in [0.15, 0.2) is 103 Å². The van der Waals surface area contributed by atoms with Gasteiger partial charge in [-0.25, -0.2) is 14.4 Å². The van der Waals surface area contributed by atoms with Crippen molar-refractivity contribution < 1.29 is 82.4 Å². The number of ketones is 3. The molecule has 3 aromatic rings. The van der Waals surface area contributed by atoms with Crippen molar-refractivity contribution in [1.29, 1.82) is 0 Å². The van der Waals surface area contributed by atoms with Crippen LogP contribution in [0.4, 0.5) is 0 Å². The lowest BCUT2D eigenvalue weighted by Gasteiger charge is -2.18.